The Morgan fingerprint density at radius 2 is 2.11 bits per heavy atom. The largest absolute Gasteiger partial charge is 0.494 e. The van der Waals surface area contributed by atoms with Gasteiger partial charge in [-0.25, -0.2) is 0 Å². The highest BCUT2D eigenvalue weighted by Crippen LogP contribution is 2.24. The van der Waals surface area contributed by atoms with E-state index in [9.17, 15) is 5.11 Å². The predicted octanol–water partition coefficient (Wildman–Crippen LogP) is 2.82. The average Bonchev–Trinajstić information content (AvgIpc) is 2.66. The molecule has 1 aliphatic rings. The Labute approximate surface area is 116 Å². The van der Waals surface area contributed by atoms with E-state index in [1.54, 1.807) is 0 Å². The Balaban J connectivity index is 2.09. The van der Waals surface area contributed by atoms with E-state index in [1.165, 1.54) is 24.8 Å². The first-order valence-corrected chi connectivity index (χ1v) is 7.40. The van der Waals surface area contributed by atoms with Crippen LogP contribution < -0.4 is 4.74 Å². The van der Waals surface area contributed by atoms with Gasteiger partial charge in [0.05, 0.1) is 13.2 Å². The lowest BCUT2D eigenvalue weighted by Crippen LogP contribution is -2.37. The van der Waals surface area contributed by atoms with Gasteiger partial charge < -0.3 is 9.84 Å². The molecular weight excluding hydrogens is 238 g/mol. The molecule has 1 aromatic carbocycles. The Hall–Kier alpha value is -1.06. The molecule has 0 radical (unpaired) electrons. The smallest absolute Gasteiger partial charge is 0.123 e. The minimum absolute atomic E-state index is 0.261. The van der Waals surface area contributed by atoms with Crippen LogP contribution in [-0.4, -0.2) is 35.8 Å². The van der Waals surface area contributed by atoms with Crippen molar-refractivity contribution in [3.63, 3.8) is 0 Å². The highest BCUT2D eigenvalue weighted by molar-refractivity contribution is 5.33. The highest BCUT2D eigenvalue weighted by atomic mass is 16.5. The summed E-state index contributed by atoms with van der Waals surface area (Å²) >= 11 is 0. The van der Waals surface area contributed by atoms with Crippen molar-refractivity contribution in [3.05, 3.63) is 29.8 Å². The van der Waals surface area contributed by atoms with E-state index in [2.05, 4.69) is 17.0 Å². The third-order valence-corrected chi connectivity index (χ3v) is 3.86. The molecule has 19 heavy (non-hydrogen) atoms. The first-order valence-electron chi connectivity index (χ1n) is 7.40. The summed E-state index contributed by atoms with van der Waals surface area (Å²) in [6.07, 6.45) is 4.84. The van der Waals surface area contributed by atoms with Crippen LogP contribution in [0.15, 0.2) is 24.3 Å². The molecule has 0 spiro atoms. The predicted molar refractivity (Wildman–Crippen MR) is 77.4 cm³/mol. The second kappa shape index (κ2) is 7.51. The van der Waals surface area contributed by atoms with Crippen LogP contribution in [0.4, 0.5) is 0 Å². The van der Waals surface area contributed by atoms with Gasteiger partial charge >= 0.3 is 0 Å². The molecule has 0 saturated carbocycles. The van der Waals surface area contributed by atoms with Gasteiger partial charge in [0.25, 0.3) is 0 Å². The zero-order chi connectivity index (χ0) is 13.5. The molecule has 1 fully saturated rings. The minimum atomic E-state index is 0.261. The number of hydrogen-bond donors (Lipinski definition) is 1. The third kappa shape index (κ3) is 3.95. The number of rotatable bonds is 5. The fourth-order valence-corrected chi connectivity index (χ4v) is 2.80. The summed E-state index contributed by atoms with van der Waals surface area (Å²) in [5.41, 5.74) is 1.23. The Bertz CT molecular complexity index is 381. The number of hydrogen-bond acceptors (Lipinski definition) is 3. The molecule has 1 aliphatic heterocycles. The van der Waals surface area contributed by atoms with Gasteiger partial charge in [0.1, 0.15) is 5.75 Å². The van der Waals surface area contributed by atoms with Crippen LogP contribution in [0, 0.1) is 0 Å². The second-order valence-electron chi connectivity index (χ2n) is 5.20. The van der Waals surface area contributed by atoms with E-state index in [4.69, 9.17) is 4.74 Å². The van der Waals surface area contributed by atoms with Crippen molar-refractivity contribution in [3.8, 4) is 5.75 Å². The fourth-order valence-electron chi connectivity index (χ4n) is 2.80. The highest BCUT2D eigenvalue weighted by Gasteiger charge is 2.21. The standard InChI is InChI=1S/C16H25NO2/c1-2-19-16-10-6-5-8-14(16)12-17-11-7-3-4-9-15(17)13-18/h5-6,8,10,15,18H,2-4,7,9,11-13H2,1H3. The lowest BCUT2D eigenvalue weighted by molar-refractivity contribution is 0.117. The van der Waals surface area contributed by atoms with Crippen LogP contribution in [0.1, 0.15) is 38.2 Å². The van der Waals surface area contributed by atoms with Crippen LogP contribution >= 0.6 is 0 Å². The van der Waals surface area contributed by atoms with Gasteiger partial charge in [0.15, 0.2) is 0 Å². The lowest BCUT2D eigenvalue weighted by Gasteiger charge is -2.29. The van der Waals surface area contributed by atoms with Crippen molar-refractivity contribution < 1.29 is 9.84 Å². The van der Waals surface area contributed by atoms with Crippen LogP contribution in [0.3, 0.4) is 0 Å². The second-order valence-corrected chi connectivity index (χ2v) is 5.20. The number of nitrogens with zero attached hydrogens (tertiary/aromatic N) is 1. The topological polar surface area (TPSA) is 32.7 Å². The first kappa shape index (κ1) is 14.4. The zero-order valence-electron chi connectivity index (χ0n) is 11.8. The molecule has 1 atom stereocenters. The van der Waals surface area contributed by atoms with E-state index in [0.717, 1.165) is 25.3 Å². The number of likely N-dealkylation sites (tertiary alicyclic amines) is 1. The molecule has 3 heteroatoms. The normalized spacial score (nSPS) is 21.1. The van der Waals surface area contributed by atoms with Crippen molar-refractivity contribution in [1.82, 2.24) is 4.90 Å². The number of aliphatic hydroxyl groups excluding tert-OH is 1. The van der Waals surface area contributed by atoms with Gasteiger partial charge in [-0.3, -0.25) is 4.90 Å². The minimum Gasteiger partial charge on any atom is -0.494 e. The number of aliphatic hydroxyl groups is 1. The molecule has 1 aromatic rings. The van der Waals surface area contributed by atoms with Crippen molar-refractivity contribution in [1.29, 1.82) is 0 Å². The van der Waals surface area contributed by atoms with Crippen LogP contribution in [0.2, 0.25) is 0 Å². The summed E-state index contributed by atoms with van der Waals surface area (Å²) in [6, 6.07) is 8.54. The quantitative estimate of drug-likeness (QED) is 0.886. The zero-order valence-corrected chi connectivity index (χ0v) is 11.8. The summed E-state index contributed by atoms with van der Waals surface area (Å²) in [4.78, 5) is 2.41. The third-order valence-electron chi connectivity index (χ3n) is 3.86. The number of benzene rings is 1. The molecular formula is C16H25NO2. The molecule has 106 valence electrons. The molecule has 1 unspecified atom stereocenters. The number of ether oxygens (including phenoxy) is 1. The van der Waals surface area contributed by atoms with E-state index >= 15 is 0 Å². The van der Waals surface area contributed by atoms with E-state index < -0.39 is 0 Å². The molecule has 1 saturated heterocycles. The maximum Gasteiger partial charge on any atom is 0.123 e. The Morgan fingerprint density at radius 3 is 2.89 bits per heavy atom. The SMILES string of the molecule is CCOc1ccccc1CN1CCCCCC1CO. The van der Waals surface area contributed by atoms with E-state index in [0.29, 0.717) is 12.6 Å². The van der Waals surface area contributed by atoms with Gasteiger partial charge in [-0.15, -0.1) is 0 Å². The molecule has 0 aromatic heterocycles. The molecule has 1 N–H and O–H groups in total. The fraction of sp³-hybridized carbons (Fsp3) is 0.625. The summed E-state index contributed by atoms with van der Waals surface area (Å²) in [7, 11) is 0. The van der Waals surface area contributed by atoms with Crippen molar-refractivity contribution in [2.45, 2.75) is 45.2 Å². The van der Waals surface area contributed by atoms with Crippen LogP contribution in [0.25, 0.3) is 0 Å². The molecule has 0 bridgehead atoms. The average molecular weight is 263 g/mol. The summed E-state index contributed by atoms with van der Waals surface area (Å²) in [6.45, 7) is 4.92. The van der Waals surface area contributed by atoms with Gasteiger partial charge in [-0.05, 0) is 32.4 Å². The number of para-hydroxylation sites is 1. The van der Waals surface area contributed by atoms with E-state index in [-0.39, 0.29) is 6.61 Å². The Kier molecular flexibility index (Phi) is 5.67. The lowest BCUT2D eigenvalue weighted by atomic mass is 10.1. The van der Waals surface area contributed by atoms with Crippen molar-refractivity contribution in [2.75, 3.05) is 19.8 Å². The van der Waals surface area contributed by atoms with Gasteiger partial charge in [-0.2, -0.15) is 0 Å². The molecule has 3 nitrogen and oxygen atoms in total. The summed E-state index contributed by atoms with van der Waals surface area (Å²) in [5.74, 6) is 0.978. The maximum atomic E-state index is 9.56. The summed E-state index contributed by atoms with van der Waals surface area (Å²) in [5, 5.41) is 9.56. The van der Waals surface area contributed by atoms with Gasteiger partial charge in [0.2, 0.25) is 0 Å². The van der Waals surface area contributed by atoms with E-state index in [1.807, 2.05) is 19.1 Å². The van der Waals surface area contributed by atoms with Crippen molar-refractivity contribution in [2.24, 2.45) is 0 Å². The molecule has 2 rings (SSSR count). The van der Waals surface area contributed by atoms with Crippen LogP contribution in [0.5, 0.6) is 5.75 Å². The Morgan fingerprint density at radius 1 is 1.26 bits per heavy atom. The van der Waals surface area contributed by atoms with Gasteiger partial charge in [0, 0.05) is 18.2 Å². The summed E-state index contributed by atoms with van der Waals surface area (Å²) < 4.78 is 5.69. The molecule has 1 heterocycles. The molecule has 0 aliphatic carbocycles. The van der Waals surface area contributed by atoms with Crippen molar-refractivity contribution >= 4 is 0 Å². The first-order chi connectivity index (χ1) is 9.35. The van der Waals surface area contributed by atoms with Gasteiger partial charge in [-0.1, -0.05) is 31.0 Å². The molecule has 0 amide bonds. The maximum absolute atomic E-state index is 9.56. The van der Waals surface area contributed by atoms with Crippen LogP contribution in [-0.2, 0) is 6.54 Å². The monoisotopic (exact) mass is 263 g/mol.